The fourth-order valence-corrected chi connectivity index (χ4v) is 16.2. The molecule has 1 heterocycles. The molecule has 1 aliphatic rings. The first-order valence-corrected chi connectivity index (χ1v) is 13.8. The van der Waals surface area contributed by atoms with E-state index in [-0.39, 0.29) is 17.8 Å². The molecular weight excluding hydrogens is 188 g/mol. The first kappa shape index (κ1) is 9.66. The molecule has 66 valence electrons. The number of unbranched alkanes of at least 4 members (excludes halogenated alkanes) is 1. The summed E-state index contributed by atoms with van der Waals surface area (Å²) in [4.78, 5) is 0. The summed E-state index contributed by atoms with van der Waals surface area (Å²) in [6.07, 6.45) is 2.54. The van der Waals surface area contributed by atoms with E-state index in [9.17, 15) is 0 Å². The predicted octanol–water partition coefficient (Wildman–Crippen LogP) is -0.779. The number of rotatable bonds is 4. The summed E-state index contributed by atoms with van der Waals surface area (Å²) >= 11 is 0. The zero-order valence-electron chi connectivity index (χ0n) is 7.34. The Labute approximate surface area is 74.7 Å². The van der Waals surface area contributed by atoms with E-state index in [4.69, 9.17) is 8.85 Å². The number of hydrogen-bond acceptors (Lipinski definition) is 2. The monoisotopic (exact) mass is 206 g/mol. The van der Waals surface area contributed by atoms with Gasteiger partial charge in [-0.15, -0.1) is 0 Å². The molecule has 1 unspecified atom stereocenters. The minimum absolute atomic E-state index is 0.00242. The maximum Gasteiger partial charge on any atom is 0.160 e. The predicted molar refractivity (Wildman–Crippen MR) is 55.9 cm³/mol. The van der Waals surface area contributed by atoms with Crippen LogP contribution in [0.4, 0.5) is 0 Å². The van der Waals surface area contributed by atoms with Crippen LogP contribution < -0.4 is 0 Å². The van der Waals surface area contributed by atoms with E-state index in [1.165, 1.54) is 18.9 Å². The molecule has 0 spiro atoms. The Morgan fingerprint density at radius 3 is 3.18 bits per heavy atom. The van der Waals surface area contributed by atoms with Crippen molar-refractivity contribution in [2.45, 2.75) is 25.8 Å². The van der Waals surface area contributed by atoms with Crippen LogP contribution in [0.15, 0.2) is 0 Å². The van der Waals surface area contributed by atoms with Gasteiger partial charge in [-0.3, -0.25) is 0 Å². The fraction of sp³-hybridized carbons (Fsp3) is 1.00. The largest absolute Gasteiger partial charge is 0.428 e. The van der Waals surface area contributed by atoms with Crippen LogP contribution in [0.25, 0.3) is 0 Å². The van der Waals surface area contributed by atoms with Crippen molar-refractivity contribution in [3.8, 4) is 0 Å². The van der Waals surface area contributed by atoms with Gasteiger partial charge in [0.1, 0.15) is 9.28 Å². The Kier molecular flexibility index (Phi) is 5.38. The summed E-state index contributed by atoms with van der Waals surface area (Å²) in [5, 5.41) is 0. The van der Waals surface area contributed by atoms with Gasteiger partial charge in [-0.2, -0.15) is 0 Å². The van der Waals surface area contributed by atoms with Crippen LogP contribution in [0, 0.1) is 0 Å². The van der Waals surface area contributed by atoms with E-state index in [0.717, 1.165) is 13.2 Å². The molecule has 1 aliphatic heterocycles. The van der Waals surface area contributed by atoms with Crippen LogP contribution in [0.2, 0.25) is 6.04 Å². The normalized spacial score (nSPS) is 29.7. The van der Waals surface area contributed by atoms with Gasteiger partial charge >= 0.3 is 0 Å². The fourth-order valence-electron chi connectivity index (χ4n) is 1.24. The first-order valence-electron chi connectivity index (χ1n) is 4.63. The Hall–Kier alpha value is 0.571. The first-order chi connectivity index (χ1) is 5.43. The van der Waals surface area contributed by atoms with Crippen LogP contribution in [0.3, 0.4) is 0 Å². The Morgan fingerprint density at radius 1 is 1.64 bits per heavy atom. The third kappa shape index (κ3) is 4.22. The van der Waals surface area contributed by atoms with Gasteiger partial charge in [0.25, 0.3) is 0 Å². The van der Waals surface area contributed by atoms with Crippen LogP contribution in [-0.2, 0) is 8.85 Å². The van der Waals surface area contributed by atoms with Crippen molar-refractivity contribution in [2.75, 3.05) is 13.2 Å². The molecule has 1 saturated heterocycles. The topological polar surface area (TPSA) is 18.5 Å². The average molecular weight is 206 g/mol. The van der Waals surface area contributed by atoms with Crippen molar-refractivity contribution >= 4 is 26.4 Å². The molecule has 11 heavy (non-hydrogen) atoms. The molecule has 2 nitrogen and oxygen atoms in total. The lowest BCUT2D eigenvalue weighted by atomic mass is 10.4. The molecule has 0 saturated carbocycles. The highest BCUT2D eigenvalue weighted by Crippen LogP contribution is 2.00. The van der Waals surface area contributed by atoms with Gasteiger partial charge in [0.2, 0.25) is 0 Å². The van der Waals surface area contributed by atoms with Gasteiger partial charge in [-0.1, -0.05) is 13.3 Å². The maximum absolute atomic E-state index is 5.88. The van der Waals surface area contributed by atoms with Crippen LogP contribution >= 0.6 is 0 Å². The summed E-state index contributed by atoms with van der Waals surface area (Å²) in [6, 6.07) is 1.32. The third-order valence-corrected chi connectivity index (χ3v) is 18.4. The lowest BCUT2D eigenvalue weighted by Gasteiger charge is -2.20. The van der Waals surface area contributed by atoms with Gasteiger partial charge in [0, 0.05) is 13.2 Å². The van der Waals surface area contributed by atoms with Crippen molar-refractivity contribution in [1.29, 1.82) is 0 Å². The van der Waals surface area contributed by atoms with E-state index in [1.54, 1.807) is 0 Å². The molecule has 0 amide bonds. The van der Waals surface area contributed by atoms with Crippen molar-refractivity contribution < 1.29 is 8.85 Å². The van der Waals surface area contributed by atoms with Crippen molar-refractivity contribution in [3.05, 3.63) is 0 Å². The summed E-state index contributed by atoms with van der Waals surface area (Å²) in [5.41, 5.74) is 0. The zero-order valence-corrected chi connectivity index (χ0v) is 11.3. The molecule has 0 N–H and O–H groups in total. The quantitative estimate of drug-likeness (QED) is 0.444. The molecule has 1 atom stereocenters. The molecule has 1 fully saturated rings. The summed E-state index contributed by atoms with van der Waals surface area (Å²) < 4.78 is 11.3. The highest BCUT2D eigenvalue weighted by atomic mass is 29.6. The third-order valence-electron chi connectivity index (χ3n) is 2.02. The van der Waals surface area contributed by atoms with Gasteiger partial charge in [0.15, 0.2) is 8.56 Å². The van der Waals surface area contributed by atoms with Crippen molar-refractivity contribution in [3.63, 3.8) is 0 Å². The summed E-state index contributed by atoms with van der Waals surface area (Å²) in [6.45, 7) is 4.32. The molecule has 0 aromatic carbocycles. The van der Waals surface area contributed by atoms with Crippen molar-refractivity contribution in [2.24, 2.45) is 0 Å². The highest BCUT2D eigenvalue weighted by molar-refractivity contribution is 7.33. The van der Waals surface area contributed by atoms with Gasteiger partial charge < -0.3 is 8.85 Å². The molecule has 0 bridgehead atoms. The Bertz CT molecular complexity index is 95.8. The van der Waals surface area contributed by atoms with Crippen LogP contribution in [0.5, 0.6) is 0 Å². The molecule has 0 aliphatic carbocycles. The Morgan fingerprint density at radius 2 is 2.55 bits per heavy atom. The average Bonchev–Trinajstić information content (AvgIpc) is 2.07. The minimum Gasteiger partial charge on any atom is -0.428 e. The van der Waals surface area contributed by atoms with Crippen molar-refractivity contribution in [1.82, 2.24) is 0 Å². The lowest BCUT2D eigenvalue weighted by molar-refractivity contribution is 0.303. The van der Waals surface area contributed by atoms with Crippen LogP contribution in [0.1, 0.15) is 19.8 Å². The lowest BCUT2D eigenvalue weighted by Crippen LogP contribution is -2.38. The second-order valence-corrected chi connectivity index (χ2v) is 17.5. The van der Waals surface area contributed by atoms with E-state index in [0.29, 0.717) is 0 Å². The molecular formula is C6H18O2Si3. The molecule has 0 radical (unpaired) electrons. The highest BCUT2D eigenvalue weighted by Gasteiger charge is 2.16. The second-order valence-electron chi connectivity index (χ2n) is 3.04. The minimum atomic E-state index is -0.582. The van der Waals surface area contributed by atoms with Gasteiger partial charge in [-0.05, 0) is 12.5 Å². The maximum atomic E-state index is 5.88. The van der Waals surface area contributed by atoms with Crippen LogP contribution in [-0.4, -0.2) is 39.6 Å². The van der Waals surface area contributed by atoms with E-state index in [2.05, 4.69) is 6.92 Å². The van der Waals surface area contributed by atoms with E-state index < -0.39 is 8.56 Å². The van der Waals surface area contributed by atoms with Gasteiger partial charge in [-0.25, -0.2) is 0 Å². The summed E-state index contributed by atoms with van der Waals surface area (Å²) in [5.74, 6) is 0. The van der Waals surface area contributed by atoms with E-state index in [1.807, 2.05) is 0 Å². The SMILES string of the molecule is CCCCO[SiH]1CCO[SiH2][SiH2]1. The smallest absolute Gasteiger partial charge is 0.160 e. The molecule has 0 aromatic rings. The number of hydrogen-bond donors (Lipinski definition) is 0. The molecule has 5 heteroatoms. The summed E-state index contributed by atoms with van der Waals surface area (Å²) in [7, 11) is -0.352. The van der Waals surface area contributed by atoms with E-state index >= 15 is 0 Å². The zero-order chi connectivity index (χ0) is 7.94. The van der Waals surface area contributed by atoms with Gasteiger partial charge in [0.05, 0.1) is 8.55 Å². The second kappa shape index (κ2) is 6.13. The Balaban J connectivity index is 1.96. The molecule has 0 aromatic heterocycles. The molecule has 1 rings (SSSR count). The standard InChI is InChI=1S/C6H18O2Si3/c1-2-3-4-8-11-6-5-7-9-10-11/h11H,2-6,9-10H2,1H3.